The third-order valence-corrected chi connectivity index (χ3v) is 1.84. The van der Waals surface area contributed by atoms with E-state index in [-0.39, 0.29) is 11.3 Å². The van der Waals surface area contributed by atoms with Crippen LogP contribution in [0.2, 0.25) is 0 Å². The molecular weight excluding hydrogens is 210 g/mol. The lowest BCUT2D eigenvalue weighted by molar-refractivity contribution is -0.182. The smallest absolute Gasteiger partial charge is 0.377 e. The molecule has 0 fully saturated rings. The first kappa shape index (κ1) is 11.4. The first-order chi connectivity index (χ1) is 6.85. The van der Waals surface area contributed by atoms with E-state index in [1.807, 2.05) is 0 Å². The van der Waals surface area contributed by atoms with Gasteiger partial charge < -0.3 is 15.3 Å². The Hall–Kier alpha value is -1.69. The summed E-state index contributed by atoms with van der Waals surface area (Å²) in [6, 6.07) is 4.21. The molecule has 0 saturated carbocycles. The number of hydrogen-bond acceptors (Lipinski definition) is 3. The molecule has 82 valence electrons. The van der Waals surface area contributed by atoms with Crippen molar-refractivity contribution in [2.45, 2.75) is 12.0 Å². The number of aliphatic carboxylic acids is 1. The summed E-state index contributed by atoms with van der Waals surface area (Å²) in [7, 11) is 0. The van der Waals surface area contributed by atoms with Crippen LogP contribution in [0.4, 0.5) is 8.78 Å². The van der Waals surface area contributed by atoms with Gasteiger partial charge in [0.2, 0.25) is 0 Å². The van der Waals surface area contributed by atoms with Gasteiger partial charge in [-0.2, -0.15) is 8.78 Å². The maximum atomic E-state index is 12.8. The van der Waals surface area contributed by atoms with E-state index >= 15 is 0 Å². The summed E-state index contributed by atoms with van der Waals surface area (Å²) < 4.78 is 25.6. The zero-order valence-corrected chi connectivity index (χ0v) is 7.39. The van der Waals surface area contributed by atoms with Crippen molar-refractivity contribution in [3.8, 4) is 5.75 Å². The van der Waals surface area contributed by atoms with E-state index in [0.29, 0.717) is 0 Å². The highest BCUT2D eigenvalue weighted by molar-refractivity contribution is 5.76. The van der Waals surface area contributed by atoms with Crippen molar-refractivity contribution in [2.75, 3.05) is 0 Å². The molecule has 4 nitrogen and oxygen atoms in total. The van der Waals surface area contributed by atoms with Crippen LogP contribution in [0.15, 0.2) is 24.3 Å². The van der Waals surface area contributed by atoms with Crippen LogP contribution in [-0.4, -0.2) is 27.2 Å². The molecule has 0 aliphatic carbocycles. The summed E-state index contributed by atoms with van der Waals surface area (Å²) in [5.74, 6) is -6.82. The van der Waals surface area contributed by atoms with Gasteiger partial charge in [0, 0.05) is 0 Å². The fraction of sp³-hybridized carbons (Fsp3) is 0.222. The molecule has 0 heterocycles. The van der Waals surface area contributed by atoms with E-state index in [0.717, 1.165) is 24.3 Å². The number of aliphatic hydroxyl groups is 1. The molecule has 6 heteroatoms. The molecule has 0 aliphatic rings. The molecule has 1 unspecified atom stereocenters. The number of rotatable bonds is 3. The number of carboxylic acid groups (broad SMARTS) is 1. The van der Waals surface area contributed by atoms with Gasteiger partial charge in [0.05, 0.1) is 0 Å². The average Bonchev–Trinajstić information content (AvgIpc) is 2.17. The minimum Gasteiger partial charge on any atom is -0.508 e. The molecule has 0 aromatic heterocycles. The predicted molar refractivity (Wildman–Crippen MR) is 45.6 cm³/mol. The van der Waals surface area contributed by atoms with Gasteiger partial charge in [-0.05, 0) is 17.7 Å². The summed E-state index contributed by atoms with van der Waals surface area (Å²) in [6.45, 7) is 0. The zero-order chi connectivity index (χ0) is 11.6. The second-order valence-corrected chi connectivity index (χ2v) is 2.92. The van der Waals surface area contributed by atoms with Gasteiger partial charge in [-0.25, -0.2) is 4.79 Å². The maximum Gasteiger partial charge on any atom is 0.377 e. The van der Waals surface area contributed by atoms with Crippen molar-refractivity contribution in [3.63, 3.8) is 0 Å². The molecule has 0 aliphatic heterocycles. The Morgan fingerprint density at radius 1 is 1.27 bits per heavy atom. The second-order valence-electron chi connectivity index (χ2n) is 2.92. The molecule has 0 radical (unpaired) electrons. The molecule has 1 aromatic rings. The van der Waals surface area contributed by atoms with Crippen LogP contribution in [0.1, 0.15) is 11.7 Å². The standard InChI is InChI=1S/C9H8F2O4/c10-9(11,8(14)15)7(13)5-1-3-6(12)4-2-5/h1-4,7,12-13H,(H,14,15). The zero-order valence-electron chi connectivity index (χ0n) is 7.39. The van der Waals surface area contributed by atoms with Gasteiger partial charge in [0.1, 0.15) is 5.75 Å². The van der Waals surface area contributed by atoms with E-state index < -0.39 is 18.0 Å². The highest BCUT2D eigenvalue weighted by Crippen LogP contribution is 2.31. The Morgan fingerprint density at radius 3 is 2.13 bits per heavy atom. The molecule has 0 bridgehead atoms. The summed E-state index contributed by atoms with van der Waals surface area (Å²) in [6.07, 6.45) is -2.43. The monoisotopic (exact) mass is 218 g/mol. The van der Waals surface area contributed by atoms with E-state index in [1.165, 1.54) is 0 Å². The van der Waals surface area contributed by atoms with Crippen LogP contribution >= 0.6 is 0 Å². The Labute approximate surface area is 83.4 Å². The highest BCUT2D eigenvalue weighted by atomic mass is 19.3. The lowest BCUT2D eigenvalue weighted by atomic mass is 10.0. The lowest BCUT2D eigenvalue weighted by Gasteiger charge is -2.18. The van der Waals surface area contributed by atoms with Crippen LogP contribution in [-0.2, 0) is 4.79 Å². The SMILES string of the molecule is O=C(O)C(F)(F)C(O)c1ccc(O)cc1. The minimum atomic E-state index is -4.25. The fourth-order valence-corrected chi connectivity index (χ4v) is 0.983. The number of aromatic hydroxyl groups is 1. The third kappa shape index (κ3) is 2.21. The number of benzene rings is 1. The van der Waals surface area contributed by atoms with Gasteiger partial charge in [0.15, 0.2) is 6.10 Å². The van der Waals surface area contributed by atoms with Crippen molar-refractivity contribution in [2.24, 2.45) is 0 Å². The molecule has 1 rings (SSSR count). The van der Waals surface area contributed by atoms with Crippen LogP contribution in [0.25, 0.3) is 0 Å². The minimum absolute atomic E-state index is 0.162. The van der Waals surface area contributed by atoms with Gasteiger partial charge in [-0.15, -0.1) is 0 Å². The van der Waals surface area contributed by atoms with Crippen molar-refractivity contribution < 1.29 is 28.9 Å². The van der Waals surface area contributed by atoms with Crippen LogP contribution < -0.4 is 0 Å². The predicted octanol–water partition coefficient (Wildman–Crippen LogP) is 1.15. The first-order valence-corrected chi connectivity index (χ1v) is 3.94. The Balaban J connectivity index is 2.99. The topological polar surface area (TPSA) is 77.8 Å². The number of carboxylic acids is 1. The number of carbonyl (C=O) groups is 1. The van der Waals surface area contributed by atoms with Gasteiger partial charge in [0.25, 0.3) is 0 Å². The summed E-state index contributed by atoms with van der Waals surface area (Å²) in [4.78, 5) is 10.1. The molecule has 1 aromatic carbocycles. The number of phenols is 1. The second kappa shape index (κ2) is 3.82. The van der Waals surface area contributed by atoms with E-state index in [9.17, 15) is 13.6 Å². The van der Waals surface area contributed by atoms with Crippen molar-refractivity contribution in [1.29, 1.82) is 0 Å². The Morgan fingerprint density at radius 2 is 1.73 bits per heavy atom. The van der Waals surface area contributed by atoms with Crippen LogP contribution in [0, 0.1) is 0 Å². The van der Waals surface area contributed by atoms with Crippen molar-refractivity contribution >= 4 is 5.97 Å². The largest absolute Gasteiger partial charge is 0.508 e. The van der Waals surface area contributed by atoms with Crippen molar-refractivity contribution in [3.05, 3.63) is 29.8 Å². The fourth-order valence-electron chi connectivity index (χ4n) is 0.983. The molecular formula is C9H8F2O4. The van der Waals surface area contributed by atoms with E-state index in [2.05, 4.69) is 0 Å². The van der Waals surface area contributed by atoms with Gasteiger partial charge >= 0.3 is 11.9 Å². The normalized spacial score (nSPS) is 13.5. The molecule has 0 saturated heterocycles. The summed E-state index contributed by atoms with van der Waals surface area (Å²) in [5.41, 5.74) is -0.278. The number of halogens is 2. The van der Waals surface area contributed by atoms with E-state index in [1.54, 1.807) is 0 Å². The third-order valence-electron chi connectivity index (χ3n) is 1.84. The average molecular weight is 218 g/mol. The number of alkyl halides is 2. The Kier molecular flexibility index (Phi) is 2.90. The molecule has 0 amide bonds. The van der Waals surface area contributed by atoms with Crippen LogP contribution in [0.5, 0.6) is 5.75 Å². The number of phenolic OH excluding ortho intramolecular Hbond substituents is 1. The van der Waals surface area contributed by atoms with E-state index in [4.69, 9.17) is 15.3 Å². The van der Waals surface area contributed by atoms with Crippen molar-refractivity contribution in [1.82, 2.24) is 0 Å². The lowest BCUT2D eigenvalue weighted by Crippen LogP contribution is -2.35. The summed E-state index contributed by atoms with van der Waals surface area (Å²) >= 11 is 0. The molecule has 3 N–H and O–H groups in total. The molecule has 1 atom stereocenters. The highest BCUT2D eigenvalue weighted by Gasteiger charge is 2.47. The molecule has 0 spiro atoms. The maximum absolute atomic E-state index is 12.8. The number of aliphatic hydroxyl groups excluding tert-OH is 1. The Bertz CT molecular complexity index is 361. The van der Waals surface area contributed by atoms with Gasteiger partial charge in [-0.1, -0.05) is 12.1 Å². The van der Waals surface area contributed by atoms with Crippen LogP contribution in [0.3, 0.4) is 0 Å². The summed E-state index contributed by atoms with van der Waals surface area (Å²) in [5, 5.41) is 26.1. The van der Waals surface area contributed by atoms with Gasteiger partial charge in [-0.3, -0.25) is 0 Å². The number of hydrogen-bond donors (Lipinski definition) is 3. The first-order valence-electron chi connectivity index (χ1n) is 3.94. The molecule has 15 heavy (non-hydrogen) atoms. The quantitative estimate of drug-likeness (QED) is 0.711.